The fourth-order valence-electron chi connectivity index (χ4n) is 3.19. The van der Waals surface area contributed by atoms with Gasteiger partial charge < -0.3 is 19.7 Å². The zero-order valence-corrected chi connectivity index (χ0v) is 16.3. The molecule has 29 heavy (non-hydrogen) atoms. The molecule has 0 bridgehead atoms. The summed E-state index contributed by atoms with van der Waals surface area (Å²) in [4.78, 5) is 19.3. The van der Waals surface area contributed by atoms with E-state index in [9.17, 15) is 4.79 Å². The van der Waals surface area contributed by atoms with Gasteiger partial charge in [0.05, 0.1) is 5.56 Å². The van der Waals surface area contributed by atoms with Crippen molar-refractivity contribution in [2.45, 2.75) is 13.5 Å². The van der Waals surface area contributed by atoms with Crippen LogP contribution in [0.5, 0.6) is 11.5 Å². The Morgan fingerprint density at radius 3 is 2.55 bits per heavy atom. The lowest BCUT2D eigenvalue weighted by molar-refractivity contribution is 0.102. The number of rotatable bonds is 6. The van der Waals surface area contributed by atoms with Gasteiger partial charge in [0.2, 0.25) is 0 Å². The lowest BCUT2D eigenvalue weighted by Gasteiger charge is -2.22. The van der Waals surface area contributed by atoms with Gasteiger partial charge in [-0.15, -0.1) is 0 Å². The standard InChI is InChI=1S/C23H23N3O3/c1-2-26(16-17-6-4-3-5-7-17)22-11-8-18(15-24-22)23(27)25-19-9-10-20-21(14-19)29-13-12-28-20/h3-11,14-15H,2,12-13,16H2,1H3,(H,25,27). The second-order valence-corrected chi connectivity index (χ2v) is 6.72. The van der Waals surface area contributed by atoms with Crippen LogP contribution in [-0.2, 0) is 6.54 Å². The molecule has 4 rings (SSSR count). The molecule has 0 saturated heterocycles. The number of anilines is 2. The molecule has 0 atom stereocenters. The fourth-order valence-corrected chi connectivity index (χ4v) is 3.19. The zero-order valence-electron chi connectivity index (χ0n) is 16.3. The van der Waals surface area contributed by atoms with E-state index in [1.807, 2.05) is 24.3 Å². The number of ether oxygens (including phenoxy) is 2. The second kappa shape index (κ2) is 8.65. The first kappa shape index (κ1) is 18.8. The number of benzene rings is 2. The quantitative estimate of drug-likeness (QED) is 0.687. The summed E-state index contributed by atoms with van der Waals surface area (Å²) in [5.41, 5.74) is 2.37. The first-order valence-corrected chi connectivity index (χ1v) is 9.69. The van der Waals surface area contributed by atoms with Crippen LogP contribution in [0, 0.1) is 0 Å². The Bertz CT molecular complexity index is 974. The van der Waals surface area contributed by atoms with E-state index in [0.717, 1.165) is 18.9 Å². The molecule has 2 aromatic carbocycles. The van der Waals surface area contributed by atoms with Gasteiger partial charge in [-0.05, 0) is 36.8 Å². The van der Waals surface area contributed by atoms with E-state index < -0.39 is 0 Å². The number of carbonyl (C=O) groups is 1. The SMILES string of the molecule is CCN(Cc1ccccc1)c1ccc(C(=O)Nc2ccc3c(c2)OCCO3)cn1. The van der Waals surface area contributed by atoms with Crippen molar-refractivity contribution in [3.63, 3.8) is 0 Å². The van der Waals surface area contributed by atoms with Crippen molar-refractivity contribution in [2.24, 2.45) is 0 Å². The minimum absolute atomic E-state index is 0.216. The average Bonchev–Trinajstić information content (AvgIpc) is 2.78. The highest BCUT2D eigenvalue weighted by Gasteiger charge is 2.14. The summed E-state index contributed by atoms with van der Waals surface area (Å²) in [7, 11) is 0. The Morgan fingerprint density at radius 2 is 1.83 bits per heavy atom. The maximum absolute atomic E-state index is 12.6. The van der Waals surface area contributed by atoms with Crippen molar-refractivity contribution in [1.29, 1.82) is 0 Å². The molecule has 148 valence electrons. The summed E-state index contributed by atoms with van der Waals surface area (Å²) in [6, 6.07) is 19.3. The molecule has 1 aliphatic heterocycles. The molecule has 0 aliphatic carbocycles. The van der Waals surface area contributed by atoms with E-state index >= 15 is 0 Å². The van der Waals surface area contributed by atoms with Crippen molar-refractivity contribution in [3.8, 4) is 11.5 Å². The third-order valence-electron chi connectivity index (χ3n) is 4.73. The molecule has 3 aromatic rings. The lowest BCUT2D eigenvalue weighted by atomic mass is 10.2. The van der Waals surface area contributed by atoms with Crippen molar-refractivity contribution < 1.29 is 14.3 Å². The number of pyridine rings is 1. The molecule has 0 spiro atoms. The molecular formula is C23H23N3O3. The second-order valence-electron chi connectivity index (χ2n) is 6.72. The number of hydrogen-bond acceptors (Lipinski definition) is 5. The lowest BCUT2D eigenvalue weighted by Crippen LogP contribution is -2.23. The van der Waals surface area contributed by atoms with Gasteiger partial charge in [0.1, 0.15) is 19.0 Å². The zero-order chi connectivity index (χ0) is 20.1. The predicted molar refractivity (Wildman–Crippen MR) is 113 cm³/mol. The smallest absolute Gasteiger partial charge is 0.257 e. The number of aromatic nitrogens is 1. The van der Waals surface area contributed by atoms with Crippen molar-refractivity contribution in [1.82, 2.24) is 4.98 Å². The van der Waals surface area contributed by atoms with Gasteiger partial charge in [0.15, 0.2) is 11.5 Å². The molecule has 6 nitrogen and oxygen atoms in total. The monoisotopic (exact) mass is 389 g/mol. The average molecular weight is 389 g/mol. The third kappa shape index (κ3) is 4.48. The molecule has 0 unspecified atom stereocenters. The summed E-state index contributed by atoms with van der Waals surface area (Å²) in [5.74, 6) is 1.96. The number of fused-ring (bicyclic) bond motifs is 1. The van der Waals surface area contributed by atoms with Crippen molar-refractivity contribution in [3.05, 3.63) is 78.0 Å². The Morgan fingerprint density at radius 1 is 1.03 bits per heavy atom. The summed E-state index contributed by atoms with van der Waals surface area (Å²) in [5, 5.41) is 2.88. The van der Waals surface area contributed by atoms with Crippen molar-refractivity contribution >= 4 is 17.4 Å². The minimum atomic E-state index is -0.216. The van der Waals surface area contributed by atoms with Crippen LogP contribution < -0.4 is 19.7 Å². The first-order valence-electron chi connectivity index (χ1n) is 9.69. The molecule has 0 radical (unpaired) electrons. The number of hydrogen-bond donors (Lipinski definition) is 1. The summed E-state index contributed by atoms with van der Waals surface area (Å²) in [6.45, 7) is 4.73. The Hall–Kier alpha value is -3.54. The van der Waals surface area contributed by atoms with Crippen LogP contribution in [0.15, 0.2) is 66.9 Å². The Balaban J connectivity index is 1.43. The Kier molecular flexibility index (Phi) is 5.61. The third-order valence-corrected chi connectivity index (χ3v) is 4.73. The predicted octanol–water partition coefficient (Wildman–Crippen LogP) is 4.13. The topological polar surface area (TPSA) is 63.7 Å². The molecule has 6 heteroatoms. The number of nitrogens with one attached hydrogen (secondary N) is 1. The van der Waals surface area contributed by atoms with Crippen molar-refractivity contribution in [2.75, 3.05) is 30.0 Å². The van der Waals surface area contributed by atoms with E-state index in [2.05, 4.69) is 34.3 Å². The number of nitrogens with zero attached hydrogens (tertiary/aromatic N) is 2. The maximum Gasteiger partial charge on any atom is 0.257 e. The molecule has 1 N–H and O–H groups in total. The Labute approximate surface area is 170 Å². The summed E-state index contributed by atoms with van der Waals surface area (Å²) in [6.07, 6.45) is 1.61. The number of amides is 1. The molecule has 2 heterocycles. The molecule has 1 aromatic heterocycles. The highest BCUT2D eigenvalue weighted by Crippen LogP contribution is 2.32. The van der Waals surface area contributed by atoms with Gasteiger partial charge >= 0.3 is 0 Å². The van der Waals surface area contributed by atoms with Gasteiger partial charge in [-0.2, -0.15) is 0 Å². The fraction of sp³-hybridized carbons (Fsp3) is 0.217. The van der Waals surface area contributed by atoms with Crippen LogP contribution in [0.25, 0.3) is 0 Å². The van der Waals surface area contributed by atoms with E-state index in [4.69, 9.17) is 9.47 Å². The van der Waals surface area contributed by atoms with E-state index in [1.165, 1.54) is 5.56 Å². The number of carbonyl (C=O) groups excluding carboxylic acids is 1. The highest BCUT2D eigenvalue weighted by atomic mass is 16.6. The van der Waals surface area contributed by atoms with Crippen LogP contribution in [0.3, 0.4) is 0 Å². The van der Waals surface area contributed by atoms with Gasteiger partial charge in [-0.3, -0.25) is 4.79 Å². The highest BCUT2D eigenvalue weighted by molar-refractivity contribution is 6.04. The van der Waals surface area contributed by atoms with Gasteiger partial charge in [-0.1, -0.05) is 30.3 Å². The minimum Gasteiger partial charge on any atom is -0.486 e. The van der Waals surface area contributed by atoms with Crippen LogP contribution in [0.4, 0.5) is 11.5 Å². The first-order chi connectivity index (χ1) is 14.2. The molecular weight excluding hydrogens is 366 g/mol. The van der Waals surface area contributed by atoms with E-state index in [1.54, 1.807) is 30.5 Å². The molecule has 0 fully saturated rings. The normalized spacial score (nSPS) is 12.3. The van der Waals surface area contributed by atoms with Gasteiger partial charge in [0, 0.05) is 31.0 Å². The van der Waals surface area contributed by atoms with Crippen LogP contribution in [0.2, 0.25) is 0 Å². The van der Waals surface area contributed by atoms with E-state index in [0.29, 0.717) is 36.0 Å². The maximum atomic E-state index is 12.6. The van der Waals surface area contributed by atoms with Crippen LogP contribution in [-0.4, -0.2) is 30.6 Å². The molecule has 0 saturated carbocycles. The van der Waals surface area contributed by atoms with Crippen LogP contribution >= 0.6 is 0 Å². The summed E-state index contributed by atoms with van der Waals surface area (Å²) < 4.78 is 11.1. The van der Waals surface area contributed by atoms with Crippen LogP contribution in [0.1, 0.15) is 22.8 Å². The van der Waals surface area contributed by atoms with Gasteiger partial charge in [-0.25, -0.2) is 4.98 Å². The molecule has 1 aliphatic rings. The largest absolute Gasteiger partial charge is 0.486 e. The van der Waals surface area contributed by atoms with Gasteiger partial charge in [0.25, 0.3) is 5.91 Å². The molecule has 1 amide bonds. The summed E-state index contributed by atoms with van der Waals surface area (Å²) >= 11 is 0. The van der Waals surface area contributed by atoms with E-state index in [-0.39, 0.29) is 5.91 Å².